The molecule has 0 aliphatic heterocycles. The molecule has 3 aromatic heterocycles. The van der Waals surface area contributed by atoms with Crippen LogP contribution in [0.2, 0.25) is 0 Å². The van der Waals surface area contributed by atoms with E-state index in [4.69, 9.17) is 14.8 Å². The summed E-state index contributed by atoms with van der Waals surface area (Å²) >= 11 is 0. The predicted octanol–water partition coefficient (Wildman–Crippen LogP) is 4.96. The summed E-state index contributed by atoms with van der Waals surface area (Å²) in [4.78, 5) is 26.5. The molecule has 0 bridgehead atoms. The molecule has 0 amide bonds. The Hall–Kier alpha value is -5.35. The summed E-state index contributed by atoms with van der Waals surface area (Å²) in [6.07, 6.45) is 1.51. The monoisotopic (exact) mass is 583 g/mol. The fourth-order valence-corrected chi connectivity index (χ4v) is 5.71. The minimum absolute atomic E-state index is 0.103. The van der Waals surface area contributed by atoms with Gasteiger partial charge in [0.1, 0.15) is 12.3 Å². The first-order chi connectivity index (χ1) is 21.6. The number of fused-ring (bicyclic) bond motifs is 2. The molecule has 3 N–H and O–H groups in total. The van der Waals surface area contributed by atoms with Gasteiger partial charge in [-0.2, -0.15) is 4.98 Å². The molecule has 0 saturated heterocycles. The lowest BCUT2D eigenvalue weighted by Crippen LogP contribution is -2.28. The molecule has 218 valence electrons. The van der Waals surface area contributed by atoms with Crippen LogP contribution in [0.25, 0.3) is 39.5 Å². The van der Waals surface area contributed by atoms with Crippen LogP contribution in [0.15, 0.2) is 126 Å². The van der Waals surface area contributed by atoms with Gasteiger partial charge in [-0.05, 0) is 16.7 Å². The second kappa shape index (κ2) is 11.4. The summed E-state index contributed by atoms with van der Waals surface area (Å²) in [6.45, 7) is 0.150. The summed E-state index contributed by atoms with van der Waals surface area (Å²) in [5.41, 5.74) is 4.05. The number of aliphatic hydroxyl groups is 2. The zero-order valence-electron chi connectivity index (χ0n) is 23.7. The Morgan fingerprint density at radius 2 is 1.36 bits per heavy atom. The van der Waals surface area contributed by atoms with Crippen LogP contribution in [-0.4, -0.2) is 47.3 Å². The minimum atomic E-state index is -1.39. The molecule has 44 heavy (non-hydrogen) atoms. The van der Waals surface area contributed by atoms with Crippen molar-refractivity contribution in [1.29, 1.82) is 0 Å². The average molecular weight is 584 g/mol. The van der Waals surface area contributed by atoms with Crippen LogP contribution in [0.3, 0.4) is 0 Å². The number of aromatic nitrogens is 5. The Morgan fingerprint density at radius 1 is 0.773 bits per heavy atom. The van der Waals surface area contributed by atoms with Gasteiger partial charge < -0.3 is 19.9 Å². The first-order valence-electron chi connectivity index (χ1n) is 14.3. The van der Waals surface area contributed by atoms with E-state index in [0.29, 0.717) is 22.7 Å². The van der Waals surface area contributed by atoms with E-state index in [-0.39, 0.29) is 31.0 Å². The smallest absolute Gasteiger partial charge is 0.287 e. The van der Waals surface area contributed by atoms with Crippen molar-refractivity contribution in [2.75, 3.05) is 13.2 Å². The van der Waals surface area contributed by atoms with E-state index >= 15 is 0 Å². The summed E-state index contributed by atoms with van der Waals surface area (Å²) < 4.78 is 8.64. The van der Waals surface area contributed by atoms with E-state index in [9.17, 15) is 9.90 Å². The highest BCUT2D eigenvalue weighted by Crippen LogP contribution is 2.38. The van der Waals surface area contributed by atoms with Crippen LogP contribution in [-0.2, 0) is 17.1 Å². The number of aromatic amines is 1. The Labute approximate surface area is 252 Å². The van der Waals surface area contributed by atoms with Gasteiger partial charge in [0, 0.05) is 11.1 Å². The van der Waals surface area contributed by atoms with E-state index in [1.165, 1.54) is 6.33 Å². The highest BCUT2D eigenvalue weighted by molar-refractivity contribution is 5.83. The summed E-state index contributed by atoms with van der Waals surface area (Å²) in [6, 6.07) is 36.5. The molecule has 7 aromatic rings. The SMILES string of the molecule is O=c1c2ncn(COCCO)c2nc2[nH]c(-c3ccccc3)c(-c3ccc(C(O)(c4ccccc4)c4ccccc4)cc3)n12. The highest BCUT2D eigenvalue weighted by Gasteiger charge is 2.33. The lowest BCUT2D eigenvalue weighted by molar-refractivity contribution is 0.0499. The Morgan fingerprint density at radius 3 is 1.98 bits per heavy atom. The predicted molar refractivity (Wildman–Crippen MR) is 168 cm³/mol. The van der Waals surface area contributed by atoms with Crippen molar-refractivity contribution < 1.29 is 14.9 Å². The molecule has 0 spiro atoms. The standard InChI is InChI=1S/C35H29N5O4/c41-20-21-44-23-39-22-36-30-32(39)38-34-37-29(24-10-4-1-5-11-24)31(40(34)33(30)42)25-16-18-28(19-17-25)35(43,26-12-6-2-7-13-26)27-14-8-3-9-15-27/h1-19,22,41,43H,20-21,23H2,(H,37,38). The molecule has 0 saturated carbocycles. The maximum Gasteiger partial charge on any atom is 0.287 e. The van der Waals surface area contributed by atoms with Crippen molar-refractivity contribution >= 4 is 16.9 Å². The highest BCUT2D eigenvalue weighted by atomic mass is 16.5. The van der Waals surface area contributed by atoms with Crippen LogP contribution in [0.1, 0.15) is 16.7 Å². The van der Waals surface area contributed by atoms with E-state index in [2.05, 4.69) is 9.97 Å². The number of nitrogens with zero attached hydrogens (tertiary/aromatic N) is 4. The summed E-state index contributed by atoms with van der Waals surface area (Å²) in [5, 5.41) is 21.4. The topological polar surface area (TPSA) is 118 Å². The van der Waals surface area contributed by atoms with Crippen LogP contribution in [0.4, 0.5) is 0 Å². The van der Waals surface area contributed by atoms with Crippen molar-refractivity contribution in [2.45, 2.75) is 12.3 Å². The Bertz CT molecular complexity index is 2060. The molecule has 0 unspecified atom stereocenters. The molecule has 0 fully saturated rings. The Kier molecular flexibility index (Phi) is 7.11. The average Bonchev–Trinajstić information content (AvgIpc) is 3.68. The van der Waals surface area contributed by atoms with Gasteiger partial charge in [0.2, 0.25) is 5.78 Å². The number of aliphatic hydroxyl groups excluding tert-OH is 1. The second-order valence-electron chi connectivity index (χ2n) is 10.5. The van der Waals surface area contributed by atoms with E-state index in [1.807, 2.05) is 115 Å². The van der Waals surface area contributed by atoms with Crippen LogP contribution >= 0.6 is 0 Å². The molecule has 4 aromatic carbocycles. The first kappa shape index (κ1) is 27.5. The molecule has 3 heterocycles. The molecule has 0 atom stereocenters. The Balaban J connectivity index is 1.41. The van der Waals surface area contributed by atoms with E-state index in [1.54, 1.807) is 8.97 Å². The molecular formula is C35H29N5O4. The lowest BCUT2D eigenvalue weighted by Gasteiger charge is -2.30. The van der Waals surface area contributed by atoms with Gasteiger partial charge in [0.15, 0.2) is 11.2 Å². The molecule has 9 nitrogen and oxygen atoms in total. The fourth-order valence-electron chi connectivity index (χ4n) is 5.71. The normalized spacial score (nSPS) is 11.9. The maximum atomic E-state index is 14.0. The number of hydrogen-bond acceptors (Lipinski definition) is 6. The van der Waals surface area contributed by atoms with E-state index < -0.39 is 5.60 Å². The van der Waals surface area contributed by atoms with Crippen LogP contribution in [0.5, 0.6) is 0 Å². The maximum absolute atomic E-state index is 14.0. The molecule has 0 aliphatic carbocycles. The minimum Gasteiger partial charge on any atom is -0.394 e. The third kappa shape index (κ3) is 4.60. The van der Waals surface area contributed by atoms with Gasteiger partial charge in [-0.25, -0.2) is 9.38 Å². The van der Waals surface area contributed by atoms with Crippen molar-refractivity contribution in [2.24, 2.45) is 0 Å². The third-order valence-electron chi connectivity index (χ3n) is 7.82. The largest absolute Gasteiger partial charge is 0.394 e. The third-order valence-corrected chi connectivity index (χ3v) is 7.82. The fraction of sp³-hybridized carbons (Fsp3) is 0.114. The first-order valence-corrected chi connectivity index (χ1v) is 14.3. The van der Waals surface area contributed by atoms with E-state index in [0.717, 1.165) is 27.9 Å². The summed E-state index contributed by atoms with van der Waals surface area (Å²) in [7, 11) is 0. The van der Waals surface area contributed by atoms with Gasteiger partial charge in [-0.1, -0.05) is 115 Å². The van der Waals surface area contributed by atoms with Gasteiger partial charge in [0.05, 0.1) is 30.9 Å². The van der Waals surface area contributed by atoms with Gasteiger partial charge in [0.25, 0.3) is 5.56 Å². The molecular weight excluding hydrogens is 554 g/mol. The number of benzene rings is 4. The molecule has 9 heteroatoms. The number of hydrogen-bond donors (Lipinski definition) is 3. The second-order valence-corrected chi connectivity index (χ2v) is 10.5. The quantitative estimate of drug-likeness (QED) is 0.163. The van der Waals surface area contributed by atoms with Gasteiger partial charge in [-0.3, -0.25) is 9.36 Å². The lowest BCUT2D eigenvalue weighted by atomic mass is 9.80. The molecule has 0 radical (unpaired) electrons. The van der Waals surface area contributed by atoms with Crippen LogP contribution in [0, 0.1) is 0 Å². The van der Waals surface area contributed by atoms with Gasteiger partial charge >= 0.3 is 0 Å². The number of imidazole rings is 2. The van der Waals surface area contributed by atoms with Crippen molar-refractivity contribution in [3.8, 4) is 22.5 Å². The molecule has 0 aliphatic rings. The van der Waals surface area contributed by atoms with Gasteiger partial charge in [-0.15, -0.1) is 0 Å². The number of H-pyrrole nitrogens is 1. The summed E-state index contributed by atoms with van der Waals surface area (Å²) in [5.74, 6) is 0.356. The number of rotatable bonds is 9. The van der Waals surface area contributed by atoms with Crippen molar-refractivity contribution in [3.63, 3.8) is 0 Å². The number of nitrogens with one attached hydrogen (secondary N) is 1. The van der Waals surface area contributed by atoms with Crippen molar-refractivity contribution in [1.82, 2.24) is 23.9 Å². The molecule has 7 rings (SSSR count). The number of ether oxygens (including phenoxy) is 1. The zero-order chi connectivity index (χ0) is 30.1. The van der Waals surface area contributed by atoms with Crippen LogP contribution < -0.4 is 5.56 Å². The zero-order valence-corrected chi connectivity index (χ0v) is 23.7. The van der Waals surface area contributed by atoms with Crippen molar-refractivity contribution in [3.05, 3.63) is 149 Å².